The van der Waals surface area contributed by atoms with Crippen molar-refractivity contribution >= 4 is 23.7 Å². The van der Waals surface area contributed by atoms with E-state index in [9.17, 15) is 19.2 Å². The molecule has 2 saturated carbocycles. The lowest BCUT2D eigenvalue weighted by molar-refractivity contribution is 0.0696. The summed E-state index contributed by atoms with van der Waals surface area (Å²) in [5.41, 5.74) is 13.2. The van der Waals surface area contributed by atoms with Crippen LogP contribution in [0.5, 0.6) is 0 Å². The molecule has 45 heavy (non-hydrogen) atoms. The maximum atomic E-state index is 12.2. The fourth-order valence-corrected chi connectivity index (χ4v) is 4.75. The topological polar surface area (TPSA) is 139 Å². The molecule has 4 aromatic carbocycles. The number of carbonyl (C=O) groups is 4. The highest BCUT2D eigenvalue weighted by atomic mass is 16.4. The van der Waals surface area contributed by atoms with E-state index >= 15 is 0 Å². The molecular weight excluding hydrogens is 566 g/mol. The number of amides is 3. The molecule has 0 saturated heterocycles. The average molecular weight is 606 g/mol. The first-order valence-corrected chi connectivity index (χ1v) is 14.7. The zero-order chi connectivity index (χ0) is 31.4. The van der Waals surface area contributed by atoms with Crippen molar-refractivity contribution in [3.8, 4) is 22.3 Å². The van der Waals surface area contributed by atoms with Gasteiger partial charge in [-0.25, -0.2) is 4.79 Å². The maximum absolute atomic E-state index is 12.2. The predicted octanol–water partition coefficient (Wildman–Crippen LogP) is 6.54. The Hall–Kier alpha value is -5.24. The number of hydrogen-bond donors (Lipinski definition) is 4. The van der Waals surface area contributed by atoms with Crippen LogP contribution in [0.15, 0.2) is 84.9 Å². The van der Waals surface area contributed by atoms with E-state index in [-0.39, 0.29) is 24.8 Å². The third-order valence-corrected chi connectivity index (χ3v) is 7.75. The van der Waals surface area contributed by atoms with Crippen molar-refractivity contribution in [3.63, 3.8) is 0 Å². The van der Waals surface area contributed by atoms with Gasteiger partial charge in [0, 0.05) is 28.8 Å². The number of carboxylic acids is 1. The second kappa shape index (κ2) is 14.0. The number of primary amides is 1. The van der Waals surface area contributed by atoms with Crippen LogP contribution in [-0.2, 0) is 0 Å². The van der Waals surface area contributed by atoms with Gasteiger partial charge in [0.1, 0.15) is 0 Å². The lowest BCUT2D eigenvalue weighted by Gasteiger charge is -2.10. The Kier molecular flexibility index (Phi) is 10.2. The predicted molar refractivity (Wildman–Crippen MR) is 176 cm³/mol. The van der Waals surface area contributed by atoms with Crippen LogP contribution in [-0.4, -0.2) is 40.9 Å². The third kappa shape index (κ3) is 8.44. The summed E-state index contributed by atoms with van der Waals surface area (Å²) >= 11 is 0. The molecule has 5 N–H and O–H groups in total. The first-order valence-electron chi connectivity index (χ1n) is 14.7. The number of nitrogens with one attached hydrogen (secondary N) is 2. The molecule has 2 aliphatic rings. The molecule has 4 aromatic rings. The second-order valence-corrected chi connectivity index (χ2v) is 11.4. The molecule has 0 unspecified atom stereocenters. The summed E-state index contributed by atoms with van der Waals surface area (Å²) in [6.45, 7) is 3.98. The summed E-state index contributed by atoms with van der Waals surface area (Å²) in [7, 11) is 0. The number of benzene rings is 4. The SMILES string of the molecule is C.Cc1ccc(C(=O)NC2CC2)cc1-c1ccc(C(=O)O)cc1.Cc1ccc(C(=O)NC2CC2)cc1-c1ccc(C(N)=O)cc1. The monoisotopic (exact) mass is 605 g/mol. The van der Waals surface area contributed by atoms with Gasteiger partial charge in [-0.05, 0) is 121 Å². The normalized spacial score (nSPS) is 13.4. The van der Waals surface area contributed by atoms with Crippen molar-refractivity contribution in [2.24, 2.45) is 5.73 Å². The number of carbonyl (C=O) groups excluding carboxylic acids is 3. The van der Waals surface area contributed by atoms with Crippen molar-refractivity contribution in [3.05, 3.63) is 118 Å². The van der Waals surface area contributed by atoms with Crippen molar-refractivity contribution in [1.82, 2.24) is 10.6 Å². The van der Waals surface area contributed by atoms with Crippen molar-refractivity contribution < 1.29 is 24.3 Å². The zero-order valence-corrected chi connectivity index (χ0v) is 24.7. The number of aryl methyl sites for hydroxylation is 2. The van der Waals surface area contributed by atoms with E-state index in [0.717, 1.165) is 59.1 Å². The Morgan fingerprint density at radius 1 is 0.600 bits per heavy atom. The Morgan fingerprint density at radius 2 is 0.956 bits per heavy atom. The molecule has 8 heteroatoms. The van der Waals surface area contributed by atoms with Gasteiger partial charge in [0.25, 0.3) is 11.8 Å². The molecular formula is C37H39N3O5. The van der Waals surface area contributed by atoms with Crippen LogP contribution in [0.3, 0.4) is 0 Å². The van der Waals surface area contributed by atoms with Crippen LogP contribution < -0.4 is 16.4 Å². The molecule has 0 heterocycles. The minimum Gasteiger partial charge on any atom is -0.478 e. The molecule has 0 radical (unpaired) electrons. The molecule has 0 atom stereocenters. The van der Waals surface area contributed by atoms with Gasteiger partial charge in [-0.15, -0.1) is 0 Å². The molecule has 8 nitrogen and oxygen atoms in total. The first kappa shape index (κ1) is 32.7. The lowest BCUT2D eigenvalue weighted by atomic mass is 9.97. The molecule has 3 amide bonds. The summed E-state index contributed by atoms with van der Waals surface area (Å²) in [5.74, 6) is -1.47. The van der Waals surface area contributed by atoms with E-state index in [1.165, 1.54) is 0 Å². The summed E-state index contributed by atoms with van der Waals surface area (Å²) in [5, 5.41) is 14.9. The number of nitrogens with two attached hydrogens (primary N) is 1. The van der Waals surface area contributed by atoms with Gasteiger partial charge >= 0.3 is 5.97 Å². The Labute approximate surface area is 263 Å². The zero-order valence-electron chi connectivity index (χ0n) is 24.7. The Balaban J connectivity index is 0.000000200. The fraction of sp³-hybridized carbons (Fsp3) is 0.243. The van der Waals surface area contributed by atoms with Gasteiger partial charge in [-0.1, -0.05) is 43.8 Å². The number of rotatable bonds is 8. The maximum Gasteiger partial charge on any atom is 0.335 e. The molecule has 0 bridgehead atoms. The van der Waals surface area contributed by atoms with Gasteiger partial charge in [0.2, 0.25) is 5.91 Å². The average Bonchev–Trinajstić information content (AvgIpc) is 3.96. The standard InChI is InChI=1S/C18H18N2O2.C18H17NO3.CH4/c1-11-2-3-14(18(22)20-15-8-9-15)10-16(11)12-4-6-13(7-5-12)17(19)21;1-11-2-3-14(17(20)19-15-8-9-15)10-16(11)12-4-6-13(7-5-12)18(21)22;/h2-7,10,15H,8-9H2,1H3,(H2,19,21)(H,20,22);2-7,10,15H,8-9H2,1H3,(H,19,20)(H,21,22);1H4. The summed E-state index contributed by atoms with van der Waals surface area (Å²) in [4.78, 5) is 46.4. The quantitative estimate of drug-likeness (QED) is 0.181. The highest BCUT2D eigenvalue weighted by Crippen LogP contribution is 2.27. The molecule has 0 spiro atoms. The molecule has 232 valence electrons. The van der Waals surface area contributed by atoms with E-state index in [1.54, 1.807) is 36.4 Å². The van der Waals surface area contributed by atoms with Gasteiger partial charge in [0.05, 0.1) is 5.56 Å². The van der Waals surface area contributed by atoms with Crippen LogP contribution in [0.1, 0.15) is 85.7 Å². The van der Waals surface area contributed by atoms with Crippen LogP contribution in [0, 0.1) is 13.8 Å². The number of aromatic carboxylic acids is 1. The molecule has 0 aliphatic heterocycles. The van der Waals surface area contributed by atoms with Gasteiger partial charge in [0.15, 0.2) is 0 Å². The van der Waals surface area contributed by atoms with Crippen molar-refractivity contribution in [1.29, 1.82) is 0 Å². The lowest BCUT2D eigenvalue weighted by Crippen LogP contribution is -2.25. The van der Waals surface area contributed by atoms with E-state index in [4.69, 9.17) is 10.8 Å². The Bertz CT molecular complexity index is 1590. The largest absolute Gasteiger partial charge is 0.478 e. The van der Waals surface area contributed by atoms with Crippen LogP contribution in [0.4, 0.5) is 0 Å². The smallest absolute Gasteiger partial charge is 0.335 e. The third-order valence-electron chi connectivity index (χ3n) is 7.75. The van der Waals surface area contributed by atoms with Gasteiger partial charge < -0.3 is 21.5 Å². The highest BCUT2D eigenvalue weighted by molar-refractivity contribution is 5.97. The summed E-state index contributed by atoms with van der Waals surface area (Å²) in [6.07, 6.45) is 4.25. The summed E-state index contributed by atoms with van der Waals surface area (Å²) in [6, 6.07) is 25.8. The van der Waals surface area contributed by atoms with E-state index < -0.39 is 11.9 Å². The van der Waals surface area contributed by atoms with Gasteiger partial charge in [-0.2, -0.15) is 0 Å². The fourth-order valence-electron chi connectivity index (χ4n) is 4.75. The van der Waals surface area contributed by atoms with Crippen LogP contribution in [0.2, 0.25) is 0 Å². The van der Waals surface area contributed by atoms with E-state index in [0.29, 0.717) is 28.8 Å². The van der Waals surface area contributed by atoms with Gasteiger partial charge in [-0.3, -0.25) is 14.4 Å². The molecule has 2 aliphatic carbocycles. The van der Waals surface area contributed by atoms with Crippen molar-refractivity contribution in [2.45, 2.75) is 59.0 Å². The van der Waals surface area contributed by atoms with Crippen LogP contribution >= 0.6 is 0 Å². The van der Waals surface area contributed by atoms with E-state index in [1.807, 2.05) is 62.4 Å². The number of carboxylic acid groups (broad SMARTS) is 1. The van der Waals surface area contributed by atoms with Crippen molar-refractivity contribution in [2.75, 3.05) is 0 Å². The van der Waals surface area contributed by atoms with E-state index in [2.05, 4.69) is 10.6 Å². The first-order chi connectivity index (χ1) is 21.1. The highest BCUT2D eigenvalue weighted by Gasteiger charge is 2.25. The van der Waals surface area contributed by atoms with Crippen LogP contribution in [0.25, 0.3) is 22.3 Å². The molecule has 2 fully saturated rings. The molecule has 6 rings (SSSR count). The number of hydrogen-bond acceptors (Lipinski definition) is 4. The summed E-state index contributed by atoms with van der Waals surface area (Å²) < 4.78 is 0. The minimum absolute atomic E-state index is 0. The minimum atomic E-state index is -0.944. The second-order valence-electron chi connectivity index (χ2n) is 11.4. The molecule has 0 aromatic heterocycles. The Morgan fingerprint density at radius 3 is 1.29 bits per heavy atom.